The first-order valence-electron chi connectivity index (χ1n) is 7.91. The zero-order valence-corrected chi connectivity index (χ0v) is 13.8. The van der Waals surface area contributed by atoms with Gasteiger partial charge in [-0.1, -0.05) is 17.7 Å². The highest BCUT2D eigenvalue weighted by Crippen LogP contribution is 2.31. The van der Waals surface area contributed by atoms with Gasteiger partial charge in [-0.05, 0) is 42.7 Å². The van der Waals surface area contributed by atoms with Crippen LogP contribution in [0.15, 0.2) is 42.7 Å². The predicted molar refractivity (Wildman–Crippen MR) is 94.5 cm³/mol. The van der Waals surface area contributed by atoms with Crippen LogP contribution in [0.4, 0.5) is 5.69 Å². The van der Waals surface area contributed by atoms with E-state index >= 15 is 0 Å². The molecule has 0 saturated carbocycles. The standard InChI is InChI=1S/C18H17ClN4O/c19-12-6-7-17-21-13(11-23(17)9-12)10-22-8-2-4-14-15(18(20)24)3-1-5-16(14)22/h1,3,5-7,9,11H,2,4,8,10H2,(H2,20,24). The van der Waals surface area contributed by atoms with E-state index in [2.05, 4.69) is 9.88 Å². The Kier molecular flexibility index (Phi) is 3.65. The van der Waals surface area contributed by atoms with Crippen LogP contribution in [-0.4, -0.2) is 21.8 Å². The number of hydrogen-bond acceptors (Lipinski definition) is 3. The van der Waals surface area contributed by atoms with Crippen LogP contribution in [0.3, 0.4) is 0 Å². The lowest BCUT2D eigenvalue weighted by Gasteiger charge is -2.31. The number of nitrogens with zero attached hydrogens (tertiary/aromatic N) is 3. The first-order chi connectivity index (χ1) is 11.6. The van der Waals surface area contributed by atoms with Crippen molar-refractivity contribution in [3.05, 3.63) is 64.6 Å². The van der Waals surface area contributed by atoms with Crippen molar-refractivity contribution in [3.8, 4) is 0 Å². The van der Waals surface area contributed by atoms with Gasteiger partial charge in [-0.15, -0.1) is 0 Å². The van der Waals surface area contributed by atoms with Crippen molar-refractivity contribution in [1.29, 1.82) is 0 Å². The molecule has 5 nitrogen and oxygen atoms in total. The average Bonchev–Trinajstić information content (AvgIpc) is 2.96. The van der Waals surface area contributed by atoms with E-state index in [1.54, 1.807) is 6.07 Å². The van der Waals surface area contributed by atoms with Crippen LogP contribution in [0.2, 0.25) is 5.02 Å². The molecule has 1 aliphatic rings. The van der Waals surface area contributed by atoms with Crippen LogP contribution in [0.1, 0.15) is 28.0 Å². The Morgan fingerprint density at radius 1 is 1.25 bits per heavy atom. The van der Waals surface area contributed by atoms with E-state index in [-0.39, 0.29) is 5.91 Å². The molecule has 0 saturated heterocycles. The van der Waals surface area contributed by atoms with E-state index in [0.717, 1.165) is 42.0 Å². The smallest absolute Gasteiger partial charge is 0.249 e. The number of anilines is 1. The van der Waals surface area contributed by atoms with Gasteiger partial charge < -0.3 is 15.0 Å². The molecule has 3 heterocycles. The minimum Gasteiger partial charge on any atom is -0.366 e. The normalized spacial score (nSPS) is 14.0. The van der Waals surface area contributed by atoms with Crippen LogP contribution in [-0.2, 0) is 13.0 Å². The largest absolute Gasteiger partial charge is 0.366 e. The Labute approximate surface area is 144 Å². The van der Waals surface area contributed by atoms with Crippen molar-refractivity contribution in [1.82, 2.24) is 9.38 Å². The Bertz CT molecular complexity index is 934. The van der Waals surface area contributed by atoms with Crippen molar-refractivity contribution in [2.75, 3.05) is 11.4 Å². The van der Waals surface area contributed by atoms with Crippen LogP contribution < -0.4 is 10.6 Å². The molecule has 0 fully saturated rings. The molecule has 1 amide bonds. The van der Waals surface area contributed by atoms with E-state index in [9.17, 15) is 4.79 Å². The quantitative estimate of drug-likeness (QED) is 0.797. The number of hydrogen-bond donors (Lipinski definition) is 1. The Balaban J connectivity index is 1.68. The van der Waals surface area contributed by atoms with Gasteiger partial charge in [0.25, 0.3) is 0 Å². The molecular weight excluding hydrogens is 324 g/mol. The highest BCUT2D eigenvalue weighted by Gasteiger charge is 2.22. The maximum Gasteiger partial charge on any atom is 0.249 e. The van der Waals surface area contributed by atoms with Crippen LogP contribution in [0.25, 0.3) is 5.65 Å². The summed E-state index contributed by atoms with van der Waals surface area (Å²) in [5, 5.41) is 0.681. The summed E-state index contributed by atoms with van der Waals surface area (Å²) in [6.07, 6.45) is 5.72. The topological polar surface area (TPSA) is 63.6 Å². The maximum absolute atomic E-state index is 11.7. The molecule has 6 heteroatoms. The van der Waals surface area contributed by atoms with Crippen LogP contribution >= 0.6 is 11.6 Å². The fraction of sp³-hybridized carbons (Fsp3) is 0.222. The number of fused-ring (bicyclic) bond motifs is 2. The number of aromatic nitrogens is 2. The number of amides is 1. The van der Waals surface area contributed by atoms with Gasteiger partial charge in [0.2, 0.25) is 5.91 Å². The zero-order chi connectivity index (χ0) is 16.7. The predicted octanol–water partition coefficient (Wildman–Crippen LogP) is 3.04. The summed E-state index contributed by atoms with van der Waals surface area (Å²) in [5.74, 6) is -0.365. The summed E-state index contributed by atoms with van der Waals surface area (Å²) in [7, 11) is 0. The van der Waals surface area contributed by atoms with Gasteiger partial charge in [-0.25, -0.2) is 4.98 Å². The van der Waals surface area contributed by atoms with Gasteiger partial charge in [0.05, 0.1) is 17.3 Å². The summed E-state index contributed by atoms with van der Waals surface area (Å²) in [5.41, 5.74) is 10.1. The molecule has 3 aromatic rings. The van der Waals surface area contributed by atoms with Gasteiger partial charge in [-0.3, -0.25) is 4.79 Å². The van der Waals surface area contributed by atoms with E-state index < -0.39 is 0 Å². The summed E-state index contributed by atoms with van der Waals surface area (Å²) in [6, 6.07) is 9.48. The first-order valence-corrected chi connectivity index (χ1v) is 8.29. The number of nitrogens with two attached hydrogens (primary N) is 1. The van der Waals surface area contributed by atoms with Crippen LogP contribution in [0.5, 0.6) is 0 Å². The summed E-state index contributed by atoms with van der Waals surface area (Å²) < 4.78 is 1.93. The monoisotopic (exact) mass is 340 g/mol. The molecular formula is C18H17ClN4O. The number of carbonyl (C=O) groups is 1. The molecule has 122 valence electrons. The van der Waals surface area contributed by atoms with Crippen LogP contribution in [0, 0.1) is 0 Å². The molecule has 2 aromatic heterocycles. The molecule has 0 atom stereocenters. The SMILES string of the molecule is NC(=O)c1cccc2c1CCCN2Cc1cn2cc(Cl)ccc2n1. The number of halogens is 1. The third-order valence-corrected chi connectivity index (χ3v) is 4.65. The highest BCUT2D eigenvalue weighted by molar-refractivity contribution is 6.30. The second-order valence-corrected chi connectivity index (χ2v) is 6.47. The minimum atomic E-state index is -0.365. The number of primary amides is 1. The number of pyridine rings is 1. The minimum absolute atomic E-state index is 0.365. The van der Waals surface area contributed by atoms with Gasteiger partial charge in [0.1, 0.15) is 5.65 Å². The van der Waals surface area contributed by atoms with Crippen molar-refractivity contribution in [2.45, 2.75) is 19.4 Å². The third kappa shape index (κ3) is 2.61. The molecule has 1 aliphatic heterocycles. The lowest BCUT2D eigenvalue weighted by atomic mass is 9.96. The number of imidazole rings is 1. The fourth-order valence-electron chi connectivity index (χ4n) is 3.38. The second kappa shape index (κ2) is 5.83. The van der Waals surface area contributed by atoms with E-state index in [4.69, 9.17) is 17.3 Å². The second-order valence-electron chi connectivity index (χ2n) is 6.04. The molecule has 24 heavy (non-hydrogen) atoms. The van der Waals surface area contributed by atoms with Crippen molar-refractivity contribution >= 4 is 28.8 Å². The third-order valence-electron chi connectivity index (χ3n) is 4.43. The van der Waals surface area contributed by atoms with Gasteiger partial charge >= 0.3 is 0 Å². The molecule has 1 aromatic carbocycles. The molecule has 4 rings (SSSR count). The molecule has 0 radical (unpaired) electrons. The van der Waals surface area contributed by atoms with Crippen molar-refractivity contribution < 1.29 is 4.79 Å². The molecule has 2 N–H and O–H groups in total. The van der Waals surface area contributed by atoms with Gasteiger partial charge in [0.15, 0.2) is 0 Å². The summed E-state index contributed by atoms with van der Waals surface area (Å²) in [6.45, 7) is 1.62. The first kappa shape index (κ1) is 15.0. The van der Waals surface area contributed by atoms with E-state index in [1.165, 1.54) is 0 Å². The molecule has 0 bridgehead atoms. The van der Waals surface area contributed by atoms with Crippen molar-refractivity contribution in [2.24, 2.45) is 5.73 Å². The Hall–Kier alpha value is -2.53. The number of benzene rings is 1. The average molecular weight is 341 g/mol. The highest BCUT2D eigenvalue weighted by atomic mass is 35.5. The van der Waals surface area contributed by atoms with Gasteiger partial charge in [0, 0.05) is 30.2 Å². The molecule has 0 spiro atoms. The zero-order valence-electron chi connectivity index (χ0n) is 13.1. The van der Waals surface area contributed by atoms with E-state index in [1.807, 2.05) is 41.1 Å². The van der Waals surface area contributed by atoms with E-state index in [0.29, 0.717) is 17.1 Å². The lowest BCUT2D eigenvalue weighted by molar-refractivity contribution is 0.0999. The van der Waals surface area contributed by atoms with Crippen molar-refractivity contribution in [3.63, 3.8) is 0 Å². The molecule has 0 unspecified atom stereocenters. The summed E-state index contributed by atoms with van der Waals surface area (Å²) >= 11 is 6.03. The lowest BCUT2D eigenvalue weighted by Crippen LogP contribution is -2.30. The number of rotatable bonds is 3. The number of carbonyl (C=O) groups excluding carboxylic acids is 1. The Morgan fingerprint density at radius 3 is 2.96 bits per heavy atom. The van der Waals surface area contributed by atoms with Gasteiger partial charge in [-0.2, -0.15) is 0 Å². The Morgan fingerprint density at radius 2 is 2.12 bits per heavy atom. The summed E-state index contributed by atoms with van der Waals surface area (Å²) in [4.78, 5) is 18.6. The maximum atomic E-state index is 11.7. The fourth-order valence-corrected chi connectivity index (χ4v) is 3.55. The molecule has 0 aliphatic carbocycles.